The van der Waals surface area contributed by atoms with E-state index < -0.39 is 8.07 Å². The standard InChI is InChI=1S/C18H22Si/c1-18(19(2,3)4)16-11-7-5-9-14(16)13-15-10-6-8-12-17(15)18/h5-12H,13H2,1-4H3. The average Bonchev–Trinajstić information content (AvgIpc) is 2.38. The van der Waals surface area contributed by atoms with Crippen LogP contribution in [-0.4, -0.2) is 8.07 Å². The average molecular weight is 266 g/mol. The van der Waals surface area contributed by atoms with Crippen molar-refractivity contribution in [1.82, 2.24) is 0 Å². The highest BCUT2D eigenvalue weighted by Crippen LogP contribution is 2.46. The minimum atomic E-state index is -1.38. The molecule has 1 aliphatic carbocycles. The Labute approximate surface area is 117 Å². The van der Waals surface area contributed by atoms with Crippen LogP contribution >= 0.6 is 0 Å². The number of fused-ring (bicyclic) bond motifs is 2. The van der Waals surface area contributed by atoms with Gasteiger partial charge in [0, 0.05) is 5.04 Å². The summed E-state index contributed by atoms with van der Waals surface area (Å²) in [5.74, 6) is 0. The molecule has 0 unspecified atom stereocenters. The summed E-state index contributed by atoms with van der Waals surface area (Å²) in [7, 11) is -1.38. The fourth-order valence-electron chi connectivity index (χ4n) is 3.48. The first-order chi connectivity index (χ1) is 8.94. The molecule has 0 radical (unpaired) electrons. The highest BCUT2D eigenvalue weighted by atomic mass is 28.3. The fraction of sp³-hybridized carbons (Fsp3) is 0.333. The van der Waals surface area contributed by atoms with Crippen molar-refractivity contribution < 1.29 is 0 Å². The van der Waals surface area contributed by atoms with Gasteiger partial charge in [0.05, 0.1) is 8.07 Å². The molecule has 3 rings (SSSR count). The van der Waals surface area contributed by atoms with Crippen molar-refractivity contribution in [1.29, 1.82) is 0 Å². The Balaban J connectivity index is 2.35. The molecule has 0 saturated heterocycles. The molecule has 0 nitrogen and oxygen atoms in total. The molecule has 2 aromatic carbocycles. The van der Waals surface area contributed by atoms with Crippen LogP contribution < -0.4 is 0 Å². The van der Waals surface area contributed by atoms with Crippen LogP contribution in [0.5, 0.6) is 0 Å². The van der Waals surface area contributed by atoms with Crippen molar-refractivity contribution in [3.63, 3.8) is 0 Å². The van der Waals surface area contributed by atoms with E-state index in [1.54, 1.807) is 11.1 Å². The lowest BCUT2D eigenvalue weighted by Crippen LogP contribution is -2.50. The first-order valence-electron chi connectivity index (χ1n) is 7.11. The van der Waals surface area contributed by atoms with Gasteiger partial charge in [0.25, 0.3) is 0 Å². The van der Waals surface area contributed by atoms with Crippen LogP contribution in [0.4, 0.5) is 0 Å². The van der Waals surface area contributed by atoms with Crippen LogP contribution in [0.25, 0.3) is 0 Å². The fourth-order valence-corrected chi connectivity index (χ4v) is 5.59. The Bertz CT molecular complexity index is 574. The van der Waals surface area contributed by atoms with Gasteiger partial charge in [0.2, 0.25) is 0 Å². The van der Waals surface area contributed by atoms with Gasteiger partial charge in [-0.05, 0) is 28.7 Å². The van der Waals surface area contributed by atoms with Crippen LogP contribution in [0.3, 0.4) is 0 Å². The largest absolute Gasteiger partial charge is 0.0686 e. The van der Waals surface area contributed by atoms with Gasteiger partial charge in [-0.3, -0.25) is 0 Å². The molecular formula is C18H22Si. The molecule has 0 spiro atoms. The summed E-state index contributed by atoms with van der Waals surface area (Å²) in [4.78, 5) is 0. The van der Waals surface area contributed by atoms with E-state index in [-0.39, 0.29) is 5.04 Å². The summed E-state index contributed by atoms with van der Waals surface area (Å²) < 4.78 is 0. The van der Waals surface area contributed by atoms with Crippen molar-refractivity contribution in [3.8, 4) is 0 Å². The molecule has 1 aliphatic rings. The molecular weight excluding hydrogens is 244 g/mol. The summed E-state index contributed by atoms with van der Waals surface area (Å²) in [6.45, 7) is 9.94. The second-order valence-corrected chi connectivity index (χ2v) is 12.4. The molecule has 0 fully saturated rings. The monoisotopic (exact) mass is 266 g/mol. The third-order valence-electron chi connectivity index (χ3n) is 4.99. The van der Waals surface area contributed by atoms with Crippen LogP contribution in [-0.2, 0) is 11.5 Å². The molecule has 0 saturated carbocycles. The second kappa shape index (κ2) is 4.07. The van der Waals surface area contributed by atoms with Gasteiger partial charge < -0.3 is 0 Å². The van der Waals surface area contributed by atoms with Crippen LogP contribution in [0.2, 0.25) is 19.6 Å². The van der Waals surface area contributed by atoms with Crippen molar-refractivity contribution in [2.45, 2.75) is 38.0 Å². The van der Waals surface area contributed by atoms with Gasteiger partial charge in [-0.2, -0.15) is 0 Å². The maximum Gasteiger partial charge on any atom is 0.0609 e. The number of benzene rings is 2. The molecule has 0 aromatic heterocycles. The lowest BCUT2D eigenvalue weighted by atomic mass is 9.78. The second-order valence-electron chi connectivity index (χ2n) is 6.87. The van der Waals surface area contributed by atoms with Gasteiger partial charge >= 0.3 is 0 Å². The van der Waals surface area contributed by atoms with Crippen LogP contribution in [0, 0.1) is 0 Å². The summed E-state index contributed by atoms with van der Waals surface area (Å²) in [5.41, 5.74) is 6.16. The van der Waals surface area contributed by atoms with Gasteiger partial charge in [-0.1, -0.05) is 75.1 Å². The molecule has 0 bridgehead atoms. The summed E-state index contributed by atoms with van der Waals surface area (Å²) >= 11 is 0. The molecule has 0 N–H and O–H groups in total. The number of hydrogen-bond donors (Lipinski definition) is 0. The molecule has 1 heteroatoms. The first-order valence-corrected chi connectivity index (χ1v) is 10.6. The van der Waals surface area contributed by atoms with Gasteiger partial charge in [0.15, 0.2) is 0 Å². The van der Waals surface area contributed by atoms with E-state index >= 15 is 0 Å². The predicted molar refractivity (Wildman–Crippen MR) is 85.5 cm³/mol. The quantitative estimate of drug-likeness (QED) is 0.652. The third-order valence-corrected chi connectivity index (χ3v) is 8.53. The topological polar surface area (TPSA) is 0 Å². The summed E-state index contributed by atoms with van der Waals surface area (Å²) in [6, 6.07) is 18.1. The highest BCUT2D eigenvalue weighted by Gasteiger charge is 2.45. The normalized spacial score (nSPS) is 16.6. The van der Waals surface area contributed by atoms with Gasteiger partial charge in [0.1, 0.15) is 0 Å². The maximum absolute atomic E-state index is 2.49. The van der Waals surface area contributed by atoms with E-state index in [0.29, 0.717) is 0 Å². The Morgan fingerprint density at radius 1 is 0.789 bits per heavy atom. The Morgan fingerprint density at radius 2 is 1.21 bits per heavy atom. The smallest absolute Gasteiger partial charge is 0.0609 e. The van der Waals surface area contributed by atoms with E-state index in [0.717, 1.165) is 6.42 Å². The van der Waals surface area contributed by atoms with E-state index in [1.807, 2.05) is 0 Å². The SMILES string of the molecule is CC1([Si](C)(C)C)c2ccccc2Cc2ccccc21. The lowest BCUT2D eigenvalue weighted by molar-refractivity contribution is 0.727. The third kappa shape index (κ3) is 1.72. The number of hydrogen-bond acceptors (Lipinski definition) is 0. The van der Waals surface area contributed by atoms with E-state index in [9.17, 15) is 0 Å². The zero-order valence-electron chi connectivity index (χ0n) is 12.3. The molecule has 98 valence electrons. The highest BCUT2D eigenvalue weighted by molar-refractivity contribution is 6.79. The van der Waals surface area contributed by atoms with Crippen molar-refractivity contribution in [2.75, 3.05) is 0 Å². The lowest BCUT2D eigenvalue weighted by Gasteiger charge is -2.46. The molecule has 19 heavy (non-hydrogen) atoms. The minimum absolute atomic E-state index is 0.221. The van der Waals surface area contributed by atoms with Gasteiger partial charge in [-0.15, -0.1) is 0 Å². The Morgan fingerprint density at radius 3 is 1.63 bits per heavy atom. The van der Waals surface area contributed by atoms with E-state index in [2.05, 4.69) is 75.1 Å². The minimum Gasteiger partial charge on any atom is -0.0686 e. The molecule has 0 amide bonds. The van der Waals surface area contributed by atoms with Crippen molar-refractivity contribution in [2.24, 2.45) is 0 Å². The van der Waals surface area contributed by atoms with Gasteiger partial charge in [-0.25, -0.2) is 0 Å². The predicted octanol–water partition coefficient (Wildman–Crippen LogP) is 4.77. The summed E-state index contributed by atoms with van der Waals surface area (Å²) in [6.07, 6.45) is 1.09. The van der Waals surface area contributed by atoms with E-state index in [1.165, 1.54) is 11.1 Å². The summed E-state index contributed by atoms with van der Waals surface area (Å²) in [5, 5.41) is 0.221. The molecule has 0 aliphatic heterocycles. The van der Waals surface area contributed by atoms with Crippen LogP contribution in [0.15, 0.2) is 48.5 Å². The molecule has 0 heterocycles. The van der Waals surface area contributed by atoms with Crippen LogP contribution in [0.1, 0.15) is 29.2 Å². The van der Waals surface area contributed by atoms with E-state index in [4.69, 9.17) is 0 Å². The van der Waals surface area contributed by atoms with Crippen molar-refractivity contribution in [3.05, 3.63) is 70.8 Å². The molecule has 2 aromatic rings. The zero-order chi connectivity index (χ0) is 13.7. The molecule has 0 atom stereocenters. The Kier molecular flexibility index (Phi) is 2.72. The number of rotatable bonds is 1. The zero-order valence-corrected chi connectivity index (χ0v) is 13.3. The Hall–Kier alpha value is -1.34. The maximum atomic E-state index is 2.49. The van der Waals surface area contributed by atoms with Crippen molar-refractivity contribution >= 4 is 8.07 Å². The first kappa shape index (κ1) is 12.7.